The molecule has 0 aromatic heterocycles. The van der Waals surface area contributed by atoms with Crippen LogP contribution >= 0.6 is 0 Å². The Bertz CT molecular complexity index is 231. The highest BCUT2D eigenvalue weighted by atomic mass is 16.5. The van der Waals surface area contributed by atoms with Crippen molar-refractivity contribution in [1.29, 1.82) is 0 Å². The Morgan fingerprint density at radius 2 is 2.12 bits per heavy atom. The van der Waals surface area contributed by atoms with Crippen LogP contribution in [-0.2, 0) is 14.3 Å². The Labute approximate surface area is 95.1 Å². The van der Waals surface area contributed by atoms with Crippen molar-refractivity contribution in [3.63, 3.8) is 0 Å². The first-order chi connectivity index (χ1) is 7.47. The van der Waals surface area contributed by atoms with E-state index in [1.165, 1.54) is 7.11 Å². The van der Waals surface area contributed by atoms with E-state index in [1.807, 2.05) is 6.92 Å². The fourth-order valence-corrected chi connectivity index (χ4v) is 1.10. The summed E-state index contributed by atoms with van der Waals surface area (Å²) in [5.74, 6) is -0.959. The number of aliphatic hydroxyl groups excluding tert-OH is 1. The van der Waals surface area contributed by atoms with Crippen LogP contribution in [-0.4, -0.2) is 42.8 Å². The van der Waals surface area contributed by atoms with Gasteiger partial charge in [0.15, 0.2) is 6.10 Å². The molecule has 16 heavy (non-hydrogen) atoms. The molecular weight excluding hydrogens is 212 g/mol. The molecule has 0 aliphatic heterocycles. The maximum atomic E-state index is 11.2. The first-order valence-corrected chi connectivity index (χ1v) is 5.25. The second kappa shape index (κ2) is 8.06. The van der Waals surface area contributed by atoms with Crippen LogP contribution in [0.3, 0.4) is 0 Å². The minimum atomic E-state index is -1.30. The highest BCUT2D eigenvalue weighted by Crippen LogP contribution is 1.98. The van der Waals surface area contributed by atoms with Crippen LogP contribution < -0.4 is 11.1 Å². The first kappa shape index (κ1) is 14.9. The number of ether oxygens (including phenoxy) is 1. The molecule has 0 heterocycles. The molecule has 0 saturated heterocycles. The molecule has 6 nitrogen and oxygen atoms in total. The van der Waals surface area contributed by atoms with Gasteiger partial charge in [-0.25, -0.2) is 4.79 Å². The number of rotatable bonds is 7. The number of amides is 1. The van der Waals surface area contributed by atoms with E-state index in [1.54, 1.807) is 0 Å². The molecule has 0 aliphatic rings. The van der Waals surface area contributed by atoms with Crippen LogP contribution in [0.5, 0.6) is 0 Å². The lowest BCUT2D eigenvalue weighted by atomic mass is 10.1. The van der Waals surface area contributed by atoms with Gasteiger partial charge in [0.1, 0.15) is 0 Å². The van der Waals surface area contributed by atoms with Crippen molar-refractivity contribution in [2.75, 3.05) is 13.7 Å². The molecule has 0 radical (unpaired) electrons. The lowest BCUT2D eigenvalue weighted by Crippen LogP contribution is -2.37. The Kier molecular flexibility index (Phi) is 7.49. The van der Waals surface area contributed by atoms with E-state index in [-0.39, 0.29) is 18.5 Å². The number of carbonyl (C=O) groups is 2. The third kappa shape index (κ3) is 7.19. The fourth-order valence-electron chi connectivity index (χ4n) is 1.10. The first-order valence-electron chi connectivity index (χ1n) is 5.25. The molecule has 0 rings (SSSR count). The number of carbonyl (C=O) groups excluding carboxylic acids is 2. The minimum absolute atomic E-state index is 0.0773. The maximum Gasteiger partial charge on any atom is 0.336 e. The van der Waals surface area contributed by atoms with Gasteiger partial charge in [-0.3, -0.25) is 4.79 Å². The SMILES string of the molecule is COC(=O)C(O)CNC(=O)CCCC(C)N. The molecule has 0 bridgehead atoms. The van der Waals surface area contributed by atoms with Crippen molar-refractivity contribution in [2.45, 2.75) is 38.3 Å². The molecule has 6 heteroatoms. The van der Waals surface area contributed by atoms with Crippen LogP contribution in [0.25, 0.3) is 0 Å². The lowest BCUT2D eigenvalue weighted by molar-refractivity contribution is -0.150. The third-order valence-electron chi connectivity index (χ3n) is 2.03. The number of esters is 1. The van der Waals surface area contributed by atoms with Gasteiger partial charge >= 0.3 is 5.97 Å². The molecule has 94 valence electrons. The molecule has 0 aromatic carbocycles. The van der Waals surface area contributed by atoms with Crippen molar-refractivity contribution in [3.8, 4) is 0 Å². The van der Waals surface area contributed by atoms with E-state index < -0.39 is 12.1 Å². The monoisotopic (exact) mass is 232 g/mol. The summed E-state index contributed by atoms with van der Waals surface area (Å²) in [7, 11) is 1.18. The number of aliphatic hydroxyl groups is 1. The Morgan fingerprint density at radius 1 is 1.50 bits per heavy atom. The average molecular weight is 232 g/mol. The van der Waals surface area contributed by atoms with Gasteiger partial charge < -0.3 is 20.9 Å². The zero-order valence-corrected chi connectivity index (χ0v) is 9.73. The molecule has 0 fully saturated rings. The largest absolute Gasteiger partial charge is 0.467 e. The summed E-state index contributed by atoms with van der Waals surface area (Å²) in [6.45, 7) is 1.75. The van der Waals surface area contributed by atoms with Crippen molar-refractivity contribution in [3.05, 3.63) is 0 Å². The van der Waals surface area contributed by atoms with E-state index in [0.717, 1.165) is 6.42 Å². The summed E-state index contributed by atoms with van der Waals surface area (Å²) in [5.41, 5.74) is 5.53. The van der Waals surface area contributed by atoms with Gasteiger partial charge in [-0.05, 0) is 19.8 Å². The van der Waals surface area contributed by atoms with Gasteiger partial charge in [0.25, 0.3) is 0 Å². The van der Waals surface area contributed by atoms with Gasteiger partial charge in [0.2, 0.25) is 5.91 Å². The molecule has 4 N–H and O–H groups in total. The molecular formula is C10H20N2O4. The predicted molar refractivity (Wildman–Crippen MR) is 58.5 cm³/mol. The third-order valence-corrected chi connectivity index (χ3v) is 2.03. The summed E-state index contributed by atoms with van der Waals surface area (Å²) in [4.78, 5) is 22.0. The highest BCUT2D eigenvalue weighted by molar-refractivity contribution is 5.78. The van der Waals surface area contributed by atoms with Crippen LogP contribution in [0.15, 0.2) is 0 Å². The van der Waals surface area contributed by atoms with Gasteiger partial charge in [-0.2, -0.15) is 0 Å². The van der Waals surface area contributed by atoms with Crippen molar-refractivity contribution in [1.82, 2.24) is 5.32 Å². The smallest absolute Gasteiger partial charge is 0.336 e. The topological polar surface area (TPSA) is 102 Å². The van der Waals surface area contributed by atoms with Crippen LogP contribution in [0.2, 0.25) is 0 Å². The molecule has 0 saturated carbocycles. The molecule has 2 unspecified atom stereocenters. The van der Waals surface area contributed by atoms with Gasteiger partial charge in [0.05, 0.1) is 13.7 Å². The molecule has 1 amide bonds. The minimum Gasteiger partial charge on any atom is -0.467 e. The van der Waals surface area contributed by atoms with E-state index in [9.17, 15) is 14.7 Å². The molecule has 0 aliphatic carbocycles. The Balaban J connectivity index is 3.61. The maximum absolute atomic E-state index is 11.2. The highest BCUT2D eigenvalue weighted by Gasteiger charge is 2.15. The zero-order chi connectivity index (χ0) is 12.6. The van der Waals surface area contributed by atoms with Gasteiger partial charge in [0, 0.05) is 12.5 Å². The Morgan fingerprint density at radius 3 is 2.62 bits per heavy atom. The molecule has 0 aromatic rings. The predicted octanol–water partition coefficient (Wildman–Crippen LogP) is -0.846. The number of hydrogen-bond acceptors (Lipinski definition) is 5. The lowest BCUT2D eigenvalue weighted by Gasteiger charge is -2.10. The van der Waals surface area contributed by atoms with Crippen LogP contribution in [0.4, 0.5) is 0 Å². The van der Waals surface area contributed by atoms with Crippen LogP contribution in [0.1, 0.15) is 26.2 Å². The second-order valence-corrected chi connectivity index (χ2v) is 3.71. The Hall–Kier alpha value is -1.14. The van der Waals surface area contributed by atoms with Crippen molar-refractivity contribution < 1.29 is 19.4 Å². The van der Waals surface area contributed by atoms with E-state index in [2.05, 4.69) is 10.1 Å². The summed E-state index contributed by atoms with van der Waals surface area (Å²) >= 11 is 0. The van der Waals surface area contributed by atoms with E-state index in [0.29, 0.717) is 12.8 Å². The quantitative estimate of drug-likeness (QED) is 0.496. The number of nitrogens with two attached hydrogens (primary N) is 1. The molecule has 0 spiro atoms. The summed E-state index contributed by atoms with van der Waals surface area (Å²) in [6, 6.07) is 0.0773. The summed E-state index contributed by atoms with van der Waals surface area (Å²) in [5, 5.41) is 11.6. The van der Waals surface area contributed by atoms with E-state index in [4.69, 9.17) is 5.73 Å². The van der Waals surface area contributed by atoms with Gasteiger partial charge in [-0.15, -0.1) is 0 Å². The number of nitrogens with one attached hydrogen (secondary N) is 1. The van der Waals surface area contributed by atoms with Crippen LogP contribution in [0, 0.1) is 0 Å². The van der Waals surface area contributed by atoms with E-state index >= 15 is 0 Å². The van der Waals surface area contributed by atoms with Crippen molar-refractivity contribution >= 4 is 11.9 Å². The fraction of sp³-hybridized carbons (Fsp3) is 0.800. The second-order valence-electron chi connectivity index (χ2n) is 3.71. The summed E-state index contributed by atoms with van der Waals surface area (Å²) in [6.07, 6.45) is 0.502. The van der Waals surface area contributed by atoms with Crippen molar-refractivity contribution in [2.24, 2.45) is 5.73 Å². The molecule has 2 atom stereocenters. The average Bonchev–Trinajstić information content (AvgIpc) is 2.24. The zero-order valence-electron chi connectivity index (χ0n) is 9.73. The standard InChI is InChI=1S/C10H20N2O4/c1-7(11)4-3-5-9(14)12-6-8(13)10(15)16-2/h7-8,13H,3-6,11H2,1-2H3,(H,12,14). The number of methoxy groups -OCH3 is 1. The number of hydrogen-bond donors (Lipinski definition) is 3. The normalized spacial score (nSPS) is 14.0. The van der Waals surface area contributed by atoms with Gasteiger partial charge in [-0.1, -0.05) is 0 Å². The summed E-state index contributed by atoms with van der Waals surface area (Å²) < 4.78 is 4.30.